The number of ether oxygens (including phenoxy) is 1. The first-order valence-electron chi connectivity index (χ1n) is 7.53. The lowest BCUT2D eigenvalue weighted by Crippen LogP contribution is -2.39. The monoisotopic (exact) mass is 347 g/mol. The molecule has 0 aromatic carbocycles. The number of sulfonamides is 1. The van der Waals surface area contributed by atoms with Crippen molar-refractivity contribution in [2.24, 2.45) is 0 Å². The Morgan fingerprint density at radius 2 is 2.21 bits per heavy atom. The molecule has 3 heterocycles. The molecule has 0 aliphatic carbocycles. The summed E-state index contributed by atoms with van der Waals surface area (Å²) in [4.78, 5) is 4.08. The second-order valence-electron chi connectivity index (χ2n) is 5.43. The summed E-state index contributed by atoms with van der Waals surface area (Å²) in [6.45, 7) is 2.55. The predicted octanol–water partition coefficient (Wildman–Crippen LogP) is 0.763. The van der Waals surface area contributed by atoms with Crippen LogP contribution in [0.25, 0.3) is 0 Å². The summed E-state index contributed by atoms with van der Waals surface area (Å²) in [5.41, 5.74) is 1.26. The average Bonchev–Trinajstić information content (AvgIpc) is 2.94. The van der Waals surface area contributed by atoms with Crippen molar-refractivity contribution in [1.29, 1.82) is 5.26 Å². The quantitative estimate of drug-likeness (QED) is 0.809. The summed E-state index contributed by atoms with van der Waals surface area (Å²) in [6.07, 6.45) is 2.65. The fourth-order valence-electron chi connectivity index (χ4n) is 2.54. The standard InChI is InChI=1S/C15H17N5O3S/c1-2-24(21,22)19-9-13-5-6-18-20(13)11-14(10-19)23-15-4-3-12(7-16)8-17-15/h3-6,8,14H,2,9-11H2,1H3/t14-/m1/s1. The summed E-state index contributed by atoms with van der Waals surface area (Å²) in [7, 11) is -3.35. The van der Waals surface area contributed by atoms with E-state index in [4.69, 9.17) is 10.00 Å². The number of fused-ring (bicyclic) bond motifs is 1. The maximum atomic E-state index is 12.3. The number of pyridine rings is 1. The minimum absolute atomic E-state index is 0.0307. The maximum Gasteiger partial charge on any atom is 0.214 e. The summed E-state index contributed by atoms with van der Waals surface area (Å²) in [5.74, 6) is 0.381. The van der Waals surface area contributed by atoms with E-state index in [9.17, 15) is 8.42 Å². The normalized spacial score (nSPS) is 18.4. The second-order valence-corrected chi connectivity index (χ2v) is 7.69. The molecule has 0 fully saturated rings. The van der Waals surface area contributed by atoms with Gasteiger partial charge in [0.25, 0.3) is 0 Å². The highest BCUT2D eigenvalue weighted by Crippen LogP contribution is 2.19. The molecule has 9 heteroatoms. The fourth-order valence-corrected chi connectivity index (χ4v) is 3.63. The van der Waals surface area contributed by atoms with Crippen molar-refractivity contribution in [1.82, 2.24) is 19.1 Å². The minimum Gasteiger partial charge on any atom is -0.471 e. The van der Waals surface area contributed by atoms with E-state index in [1.165, 1.54) is 10.5 Å². The molecule has 8 nitrogen and oxygen atoms in total. The Kier molecular flexibility index (Phi) is 4.51. The zero-order valence-corrected chi connectivity index (χ0v) is 14.0. The number of rotatable bonds is 4. The maximum absolute atomic E-state index is 12.3. The largest absolute Gasteiger partial charge is 0.471 e. The number of aromatic nitrogens is 3. The van der Waals surface area contributed by atoms with E-state index in [0.717, 1.165) is 5.69 Å². The zero-order valence-electron chi connectivity index (χ0n) is 13.2. The Morgan fingerprint density at radius 1 is 1.38 bits per heavy atom. The van der Waals surface area contributed by atoms with Gasteiger partial charge in [0, 0.05) is 18.5 Å². The van der Waals surface area contributed by atoms with Gasteiger partial charge in [0.2, 0.25) is 15.9 Å². The number of hydrogen-bond acceptors (Lipinski definition) is 6. The van der Waals surface area contributed by atoms with Gasteiger partial charge in [0.1, 0.15) is 12.2 Å². The summed E-state index contributed by atoms with van der Waals surface area (Å²) < 4.78 is 33.6. The third-order valence-corrected chi connectivity index (χ3v) is 5.63. The number of nitrogens with zero attached hydrogens (tertiary/aromatic N) is 5. The SMILES string of the molecule is CCS(=O)(=O)N1Cc2ccnn2C[C@H](Oc2ccc(C#N)cn2)C1. The molecule has 2 aromatic rings. The van der Waals surface area contributed by atoms with E-state index in [1.54, 1.807) is 36.0 Å². The molecule has 0 radical (unpaired) electrons. The zero-order chi connectivity index (χ0) is 17.2. The first kappa shape index (κ1) is 16.4. The highest BCUT2D eigenvalue weighted by molar-refractivity contribution is 7.89. The van der Waals surface area contributed by atoms with Crippen molar-refractivity contribution < 1.29 is 13.2 Å². The molecular formula is C15H17N5O3S. The fraction of sp³-hybridized carbons (Fsp3) is 0.400. The lowest BCUT2D eigenvalue weighted by Gasteiger charge is -2.23. The molecule has 0 spiro atoms. The molecule has 1 aliphatic heterocycles. The molecule has 3 rings (SSSR count). The van der Waals surface area contributed by atoms with Crippen LogP contribution in [0.1, 0.15) is 18.2 Å². The smallest absolute Gasteiger partial charge is 0.214 e. The van der Waals surface area contributed by atoms with Gasteiger partial charge < -0.3 is 4.74 Å². The molecule has 0 unspecified atom stereocenters. The highest BCUT2D eigenvalue weighted by Gasteiger charge is 2.30. The van der Waals surface area contributed by atoms with Gasteiger partial charge >= 0.3 is 0 Å². The van der Waals surface area contributed by atoms with Gasteiger partial charge in [-0.2, -0.15) is 14.7 Å². The Balaban J connectivity index is 1.85. The first-order chi connectivity index (χ1) is 11.5. The second kappa shape index (κ2) is 6.59. The molecule has 0 N–H and O–H groups in total. The Morgan fingerprint density at radius 3 is 2.88 bits per heavy atom. The van der Waals surface area contributed by atoms with Crippen LogP contribution in [0.4, 0.5) is 0 Å². The molecule has 0 saturated heterocycles. The van der Waals surface area contributed by atoms with Crippen molar-refractivity contribution in [2.45, 2.75) is 26.1 Å². The Bertz CT molecular complexity index is 854. The van der Waals surface area contributed by atoms with E-state index in [-0.39, 0.29) is 18.8 Å². The predicted molar refractivity (Wildman–Crippen MR) is 85.5 cm³/mol. The topological polar surface area (TPSA) is 101 Å². The van der Waals surface area contributed by atoms with E-state index < -0.39 is 16.1 Å². The van der Waals surface area contributed by atoms with Gasteiger partial charge in [-0.05, 0) is 19.1 Å². The first-order valence-corrected chi connectivity index (χ1v) is 9.14. The third kappa shape index (κ3) is 3.39. The summed E-state index contributed by atoms with van der Waals surface area (Å²) in [5, 5.41) is 13.0. The van der Waals surface area contributed by atoms with Crippen LogP contribution >= 0.6 is 0 Å². The lowest BCUT2D eigenvalue weighted by atomic mass is 10.3. The molecule has 0 amide bonds. The molecule has 24 heavy (non-hydrogen) atoms. The van der Waals surface area contributed by atoms with Gasteiger partial charge in [-0.3, -0.25) is 4.68 Å². The molecule has 1 atom stereocenters. The van der Waals surface area contributed by atoms with Crippen LogP contribution in [0, 0.1) is 11.3 Å². The number of nitriles is 1. The van der Waals surface area contributed by atoms with Gasteiger partial charge in [-0.25, -0.2) is 13.4 Å². The van der Waals surface area contributed by atoms with E-state index in [1.807, 2.05) is 6.07 Å². The van der Waals surface area contributed by atoms with Gasteiger partial charge in [0.15, 0.2) is 0 Å². The van der Waals surface area contributed by atoms with Crippen molar-refractivity contribution >= 4 is 10.0 Å². The molecular weight excluding hydrogens is 330 g/mol. The van der Waals surface area contributed by atoms with Crippen LogP contribution < -0.4 is 4.74 Å². The molecule has 2 aromatic heterocycles. The van der Waals surface area contributed by atoms with E-state index in [2.05, 4.69) is 10.1 Å². The third-order valence-electron chi connectivity index (χ3n) is 3.84. The van der Waals surface area contributed by atoms with Crippen LogP contribution in [-0.2, 0) is 23.1 Å². The molecule has 126 valence electrons. The van der Waals surface area contributed by atoms with Crippen molar-refractivity contribution in [2.75, 3.05) is 12.3 Å². The molecule has 0 saturated carbocycles. The van der Waals surface area contributed by atoms with Crippen molar-refractivity contribution in [3.63, 3.8) is 0 Å². The van der Waals surface area contributed by atoms with Crippen LogP contribution in [0.3, 0.4) is 0 Å². The van der Waals surface area contributed by atoms with Crippen LogP contribution in [0.15, 0.2) is 30.6 Å². The van der Waals surface area contributed by atoms with Gasteiger partial charge in [-0.15, -0.1) is 0 Å². The lowest BCUT2D eigenvalue weighted by molar-refractivity contribution is 0.151. The van der Waals surface area contributed by atoms with Gasteiger partial charge in [0.05, 0.1) is 36.6 Å². The van der Waals surface area contributed by atoms with Crippen LogP contribution in [0.5, 0.6) is 5.88 Å². The van der Waals surface area contributed by atoms with Crippen LogP contribution in [0.2, 0.25) is 0 Å². The Labute approximate surface area is 140 Å². The van der Waals surface area contributed by atoms with Crippen molar-refractivity contribution in [3.8, 4) is 11.9 Å². The van der Waals surface area contributed by atoms with E-state index in [0.29, 0.717) is 18.0 Å². The molecule has 0 bridgehead atoms. The summed E-state index contributed by atoms with van der Waals surface area (Å²) >= 11 is 0. The van der Waals surface area contributed by atoms with E-state index >= 15 is 0 Å². The van der Waals surface area contributed by atoms with Crippen LogP contribution in [-0.4, -0.2) is 45.9 Å². The minimum atomic E-state index is -3.35. The molecule has 1 aliphatic rings. The number of hydrogen-bond donors (Lipinski definition) is 0. The average molecular weight is 347 g/mol. The van der Waals surface area contributed by atoms with Gasteiger partial charge in [-0.1, -0.05) is 0 Å². The Hall–Kier alpha value is -2.44. The van der Waals surface area contributed by atoms with Crippen molar-refractivity contribution in [3.05, 3.63) is 41.9 Å². The summed E-state index contributed by atoms with van der Waals surface area (Å²) in [6, 6.07) is 7.01. The highest BCUT2D eigenvalue weighted by atomic mass is 32.2.